The number of ether oxygens (including phenoxy) is 3. The van der Waals surface area contributed by atoms with Crippen molar-refractivity contribution in [1.29, 1.82) is 0 Å². The number of nitrogens with one attached hydrogen (secondary N) is 2. The normalized spacial score (nSPS) is 10.3. The predicted octanol–water partition coefficient (Wildman–Crippen LogP) is 4.27. The van der Waals surface area contributed by atoms with Crippen LogP contribution >= 0.6 is 0 Å². The highest BCUT2D eigenvalue weighted by atomic mass is 19.1. The van der Waals surface area contributed by atoms with Gasteiger partial charge in [0.25, 0.3) is 0 Å². The van der Waals surface area contributed by atoms with Gasteiger partial charge in [-0.3, -0.25) is 0 Å². The lowest BCUT2D eigenvalue weighted by Crippen LogP contribution is -2.02. The molecule has 7 nitrogen and oxygen atoms in total. The quantitative estimate of drug-likeness (QED) is 0.626. The van der Waals surface area contributed by atoms with Crippen molar-refractivity contribution < 1.29 is 23.0 Å². The summed E-state index contributed by atoms with van der Waals surface area (Å²) < 4.78 is 42.8. The van der Waals surface area contributed by atoms with Crippen LogP contribution in [0.3, 0.4) is 0 Å². The molecule has 146 valence electrons. The van der Waals surface area contributed by atoms with Crippen LogP contribution in [0.2, 0.25) is 0 Å². The van der Waals surface area contributed by atoms with E-state index in [1.54, 1.807) is 18.2 Å². The Balaban J connectivity index is 1.85. The maximum atomic E-state index is 13.8. The van der Waals surface area contributed by atoms with Crippen molar-refractivity contribution >= 4 is 23.1 Å². The molecule has 2 N–H and O–H groups in total. The number of halogens is 2. The van der Waals surface area contributed by atoms with Gasteiger partial charge < -0.3 is 24.8 Å². The first-order chi connectivity index (χ1) is 13.5. The first-order valence-corrected chi connectivity index (χ1v) is 8.16. The van der Waals surface area contributed by atoms with Crippen molar-refractivity contribution in [3.05, 3.63) is 54.2 Å². The summed E-state index contributed by atoms with van der Waals surface area (Å²) in [6.45, 7) is 0. The Kier molecular flexibility index (Phi) is 5.73. The zero-order chi connectivity index (χ0) is 20.1. The lowest BCUT2D eigenvalue weighted by atomic mass is 10.2. The molecule has 0 spiro atoms. The lowest BCUT2D eigenvalue weighted by Gasteiger charge is -2.15. The summed E-state index contributed by atoms with van der Waals surface area (Å²) in [5.74, 6) is 0.586. The van der Waals surface area contributed by atoms with Gasteiger partial charge in [-0.2, -0.15) is 4.98 Å². The van der Waals surface area contributed by atoms with E-state index in [0.717, 1.165) is 12.1 Å². The molecule has 2 aromatic carbocycles. The Hall–Kier alpha value is -3.62. The predicted molar refractivity (Wildman–Crippen MR) is 101 cm³/mol. The van der Waals surface area contributed by atoms with E-state index < -0.39 is 11.6 Å². The Morgan fingerprint density at radius 2 is 1.57 bits per heavy atom. The van der Waals surface area contributed by atoms with E-state index in [1.165, 1.54) is 33.6 Å². The Bertz CT molecular complexity index is 960. The van der Waals surface area contributed by atoms with Crippen molar-refractivity contribution in [1.82, 2.24) is 9.97 Å². The van der Waals surface area contributed by atoms with Crippen molar-refractivity contribution in [2.45, 2.75) is 0 Å². The molecule has 0 atom stereocenters. The highest BCUT2D eigenvalue weighted by molar-refractivity contribution is 5.66. The largest absolute Gasteiger partial charge is 0.493 e. The third-order valence-electron chi connectivity index (χ3n) is 3.77. The molecule has 0 aliphatic rings. The molecule has 1 aromatic heterocycles. The lowest BCUT2D eigenvalue weighted by molar-refractivity contribution is 0.324. The minimum absolute atomic E-state index is 0.0961. The molecule has 0 amide bonds. The molecule has 0 saturated heterocycles. The summed E-state index contributed by atoms with van der Waals surface area (Å²) in [6.07, 6.45) is 1.50. The third-order valence-corrected chi connectivity index (χ3v) is 3.77. The number of hydrogen-bond donors (Lipinski definition) is 2. The molecule has 3 rings (SSSR count). The molecule has 0 saturated carbocycles. The van der Waals surface area contributed by atoms with Crippen LogP contribution in [-0.2, 0) is 0 Å². The SMILES string of the molecule is COc1cc(Nc2nccc(Nc3ccc(F)cc3F)n2)cc(OC)c1OC. The minimum Gasteiger partial charge on any atom is -0.493 e. The average molecular weight is 388 g/mol. The topological polar surface area (TPSA) is 77.5 Å². The van der Waals surface area contributed by atoms with E-state index in [1.807, 2.05) is 0 Å². The second-order valence-corrected chi connectivity index (χ2v) is 5.55. The summed E-state index contributed by atoms with van der Waals surface area (Å²) in [6, 6.07) is 8.19. The highest BCUT2D eigenvalue weighted by Crippen LogP contribution is 2.40. The van der Waals surface area contributed by atoms with Gasteiger partial charge in [-0.15, -0.1) is 0 Å². The maximum Gasteiger partial charge on any atom is 0.229 e. The van der Waals surface area contributed by atoms with E-state index >= 15 is 0 Å². The third kappa shape index (κ3) is 4.20. The first-order valence-electron chi connectivity index (χ1n) is 8.16. The van der Waals surface area contributed by atoms with Crippen molar-refractivity contribution in [2.24, 2.45) is 0 Å². The van der Waals surface area contributed by atoms with E-state index in [9.17, 15) is 8.78 Å². The van der Waals surface area contributed by atoms with E-state index in [0.29, 0.717) is 28.8 Å². The van der Waals surface area contributed by atoms with Crippen molar-refractivity contribution in [3.63, 3.8) is 0 Å². The zero-order valence-electron chi connectivity index (χ0n) is 15.4. The molecule has 3 aromatic rings. The fourth-order valence-electron chi connectivity index (χ4n) is 2.50. The molecule has 28 heavy (non-hydrogen) atoms. The van der Waals surface area contributed by atoms with Gasteiger partial charge in [0.1, 0.15) is 17.5 Å². The fraction of sp³-hybridized carbons (Fsp3) is 0.158. The molecule has 0 aliphatic heterocycles. The molecular formula is C19H18F2N4O3. The average Bonchev–Trinajstić information content (AvgIpc) is 2.69. The number of nitrogens with zero attached hydrogens (tertiary/aromatic N) is 2. The van der Waals surface area contributed by atoms with Gasteiger partial charge in [0, 0.05) is 30.1 Å². The van der Waals surface area contributed by atoms with Gasteiger partial charge in [-0.1, -0.05) is 0 Å². The van der Waals surface area contributed by atoms with Gasteiger partial charge >= 0.3 is 0 Å². The zero-order valence-corrected chi connectivity index (χ0v) is 15.4. The van der Waals surface area contributed by atoms with E-state index in [4.69, 9.17) is 14.2 Å². The van der Waals surface area contributed by atoms with Gasteiger partial charge in [-0.05, 0) is 18.2 Å². The molecular weight excluding hydrogens is 370 g/mol. The maximum absolute atomic E-state index is 13.8. The smallest absolute Gasteiger partial charge is 0.229 e. The first kappa shape index (κ1) is 19.2. The van der Waals surface area contributed by atoms with Crippen LogP contribution in [0, 0.1) is 11.6 Å². The summed E-state index contributed by atoms with van der Waals surface area (Å²) in [7, 11) is 4.54. The van der Waals surface area contributed by atoms with Gasteiger partial charge in [-0.25, -0.2) is 13.8 Å². The van der Waals surface area contributed by atoms with E-state index in [2.05, 4.69) is 20.6 Å². The van der Waals surface area contributed by atoms with Crippen LogP contribution in [0.15, 0.2) is 42.6 Å². The molecule has 0 radical (unpaired) electrons. The highest BCUT2D eigenvalue weighted by Gasteiger charge is 2.14. The van der Waals surface area contributed by atoms with Crippen LogP contribution in [0.4, 0.5) is 31.9 Å². The number of hydrogen-bond acceptors (Lipinski definition) is 7. The fourth-order valence-corrected chi connectivity index (χ4v) is 2.50. The van der Waals surface area contributed by atoms with Gasteiger partial charge in [0.2, 0.25) is 11.7 Å². The summed E-state index contributed by atoms with van der Waals surface area (Å²) in [5, 5.41) is 5.81. The van der Waals surface area contributed by atoms with Crippen molar-refractivity contribution in [2.75, 3.05) is 32.0 Å². The Morgan fingerprint density at radius 3 is 2.18 bits per heavy atom. The number of benzene rings is 2. The number of methoxy groups -OCH3 is 3. The monoisotopic (exact) mass is 388 g/mol. The standard InChI is InChI=1S/C19H18F2N4O3/c1-26-15-9-12(10-16(27-2)18(15)28-3)23-19-22-7-6-17(25-19)24-14-5-4-11(20)8-13(14)21/h4-10H,1-3H3,(H2,22,23,24,25). The molecule has 0 unspecified atom stereocenters. The summed E-state index contributed by atoms with van der Waals surface area (Å²) >= 11 is 0. The molecule has 0 bridgehead atoms. The van der Waals surface area contributed by atoms with Crippen LogP contribution in [0.5, 0.6) is 17.2 Å². The van der Waals surface area contributed by atoms with Gasteiger partial charge in [0.05, 0.1) is 27.0 Å². The van der Waals surface area contributed by atoms with Crippen LogP contribution in [0.1, 0.15) is 0 Å². The minimum atomic E-state index is -0.724. The molecule has 1 heterocycles. The van der Waals surface area contributed by atoms with E-state index in [-0.39, 0.29) is 11.6 Å². The van der Waals surface area contributed by atoms with Crippen molar-refractivity contribution in [3.8, 4) is 17.2 Å². The number of aromatic nitrogens is 2. The van der Waals surface area contributed by atoms with Gasteiger partial charge in [0.15, 0.2) is 11.5 Å². The molecule has 0 fully saturated rings. The Morgan fingerprint density at radius 1 is 0.857 bits per heavy atom. The molecule has 0 aliphatic carbocycles. The summed E-state index contributed by atoms with van der Waals surface area (Å²) in [4.78, 5) is 8.41. The molecule has 9 heteroatoms. The summed E-state index contributed by atoms with van der Waals surface area (Å²) in [5.41, 5.74) is 0.693. The Labute approximate surface area is 160 Å². The number of anilines is 4. The second-order valence-electron chi connectivity index (χ2n) is 5.55. The van der Waals surface area contributed by atoms with Crippen LogP contribution in [-0.4, -0.2) is 31.3 Å². The van der Waals surface area contributed by atoms with Crippen LogP contribution < -0.4 is 24.8 Å². The van der Waals surface area contributed by atoms with Crippen LogP contribution in [0.25, 0.3) is 0 Å². The number of rotatable bonds is 7. The second kappa shape index (κ2) is 8.38.